The number of amidine groups is 1. The minimum Gasteiger partial charge on any atom is -0.382 e. The molecule has 0 spiro atoms. The highest BCUT2D eigenvalue weighted by molar-refractivity contribution is 6.45. The van der Waals surface area contributed by atoms with Crippen LogP contribution in [0, 0.1) is 16.7 Å². The SMILES string of the molecule is CC1(c2cccc(N/N=C(\C#N)C(=N)N)c2)OCCO1. The summed E-state index contributed by atoms with van der Waals surface area (Å²) in [7, 11) is 0. The fourth-order valence-electron chi connectivity index (χ4n) is 1.82. The van der Waals surface area contributed by atoms with Gasteiger partial charge in [-0.25, -0.2) is 0 Å². The molecule has 0 unspecified atom stereocenters. The van der Waals surface area contributed by atoms with E-state index in [4.69, 9.17) is 25.9 Å². The zero-order valence-electron chi connectivity index (χ0n) is 11.0. The molecule has 7 heteroatoms. The molecule has 20 heavy (non-hydrogen) atoms. The Morgan fingerprint density at radius 1 is 1.50 bits per heavy atom. The number of nitriles is 1. The molecular formula is C13H15N5O2. The number of nitrogens with two attached hydrogens (primary N) is 1. The maximum absolute atomic E-state index is 8.76. The van der Waals surface area contributed by atoms with Crippen molar-refractivity contribution in [3.63, 3.8) is 0 Å². The molecule has 1 heterocycles. The van der Waals surface area contributed by atoms with Crippen LogP contribution in [-0.4, -0.2) is 24.8 Å². The first-order valence-corrected chi connectivity index (χ1v) is 6.02. The van der Waals surface area contributed by atoms with Gasteiger partial charge in [-0.15, -0.1) is 0 Å². The molecule has 1 aliphatic heterocycles. The molecule has 0 aromatic heterocycles. The van der Waals surface area contributed by atoms with E-state index in [0.29, 0.717) is 18.9 Å². The number of rotatable bonds is 4. The molecular weight excluding hydrogens is 258 g/mol. The molecule has 0 amide bonds. The number of nitrogens with one attached hydrogen (secondary N) is 2. The number of hydrogen-bond acceptors (Lipinski definition) is 6. The van der Waals surface area contributed by atoms with Gasteiger partial charge in [0, 0.05) is 5.56 Å². The van der Waals surface area contributed by atoms with Crippen molar-refractivity contribution in [2.24, 2.45) is 10.8 Å². The highest BCUT2D eigenvalue weighted by atomic mass is 16.7. The van der Waals surface area contributed by atoms with Crippen LogP contribution >= 0.6 is 0 Å². The van der Waals surface area contributed by atoms with Crippen LogP contribution in [0.2, 0.25) is 0 Å². The summed E-state index contributed by atoms with van der Waals surface area (Å²) in [5.41, 5.74) is 9.23. The van der Waals surface area contributed by atoms with Crippen molar-refractivity contribution in [2.75, 3.05) is 18.6 Å². The molecule has 2 rings (SSSR count). The molecule has 104 valence electrons. The summed E-state index contributed by atoms with van der Waals surface area (Å²) in [6.45, 7) is 2.95. The zero-order valence-corrected chi connectivity index (χ0v) is 11.0. The monoisotopic (exact) mass is 273 g/mol. The minimum absolute atomic E-state index is 0.171. The van der Waals surface area contributed by atoms with Gasteiger partial charge in [-0.2, -0.15) is 10.4 Å². The maximum atomic E-state index is 8.76. The Kier molecular flexibility index (Phi) is 3.98. The van der Waals surface area contributed by atoms with Crippen LogP contribution < -0.4 is 11.2 Å². The summed E-state index contributed by atoms with van der Waals surface area (Å²) in [6, 6.07) is 9.03. The van der Waals surface area contributed by atoms with Crippen LogP contribution in [-0.2, 0) is 15.3 Å². The summed E-state index contributed by atoms with van der Waals surface area (Å²) in [5.74, 6) is -1.15. The number of ether oxygens (including phenoxy) is 2. The number of nitrogens with zero attached hydrogens (tertiary/aromatic N) is 2. The quantitative estimate of drug-likeness (QED) is 0.432. The van der Waals surface area contributed by atoms with Gasteiger partial charge < -0.3 is 15.2 Å². The standard InChI is InChI=1S/C13H15N5O2/c1-13(19-5-6-20-13)9-3-2-4-10(7-9)17-18-11(8-14)12(15)16/h2-4,7,17H,5-6H2,1H3,(H3,15,16)/b18-11+. The lowest BCUT2D eigenvalue weighted by atomic mass is 10.1. The second-order valence-electron chi connectivity index (χ2n) is 4.32. The molecule has 1 saturated heterocycles. The lowest BCUT2D eigenvalue weighted by molar-refractivity contribution is -0.149. The second kappa shape index (κ2) is 5.69. The lowest BCUT2D eigenvalue weighted by Gasteiger charge is -2.23. The summed E-state index contributed by atoms with van der Waals surface area (Å²) < 4.78 is 11.1. The lowest BCUT2D eigenvalue weighted by Crippen LogP contribution is -2.23. The predicted molar refractivity (Wildman–Crippen MR) is 74.3 cm³/mol. The first kappa shape index (κ1) is 14.0. The predicted octanol–water partition coefficient (Wildman–Crippen LogP) is 1.13. The van der Waals surface area contributed by atoms with E-state index in [9.17, 15) is 0 Å². The Labute approximate surface area is 116 Å². The second-order valence-corrected chi connectivity index (χ2v) is 4.32. The number of anilines is 1. The van der Waals surface area contributed by atoms with Gasteiger partial charge in [-0.1, -0.05) is 12.1 Å². The van der Waals surface area contributed by atoms with Gasteiger partial charge in [0.05, 0.1) is 18.9 Å². The van der Waals surface area contributed by atoms with Gasteiger partial charge in [0.15, 0.2) is 11.6 Å². The summed E-state index contributed by atoms with van der Waals surface area (Å²) in [4.78, 5) is 0. The molecule has 1 aliphatic rings. The van der Waals surface area contributed by atoms with Crippen LogP contribution in [0.4, 0.5) is 5.69 Å². The minimum atomic E-state index is -0.764. The summed E-state index contributed by atoms with van der Waals surface area (Å²) >= 11 is 0. The molecule has 0 bridgehead atoms. The molecule has 0 saturated carbocycles. The van der Waals surface area contributed by atoms with Gasteiger partial charge in [-0.05, 0) is 19.1 Å². The Morgan fingerprint density at radius 3 is 2.80 bits per heavy atom. The van der Waals surface area contributed by atoms with Crippen molar-refractivity contribution in [1.29, 1.82) is 10.7 Å². The molecule has 1 fully saturated rings. The topological polar surface area (TPSA) is 117 Å². The third kappa shape index (κ3) is 2.93. The molecule has 0 aliphatic carbocycles. The van der Waals surface area contributed by atoms with Crippen LogP contribution in [0.5, 0.6) is 0 Å². The van der Waals surface area contributed by atoms with E-state index in [1.807, 2.05) is 25.1 Å². The fraction of sp³-hybridized carbons (Fsp3) is 0.308. The third-order valence-corrected chi connectivity index (χ3v) is 2.88. The highest BCUT2D eigenvalue weighted by Gasteiger charge is 2.33. The van der Waals surface area contributed by atoms with E-state index in [2.05, 4.69) is 10.5 Å². The van der Waals surface area contributed by atoms with E-state index in [1.165, 1.54) is 0 Å². The average molecular weight is 273 g/mol. The van der Waals surface area contributed by atoms with Gasteiger partial charge in [0.2, 0.25) is 5.71 Å². The van der Waals surface area contributed by atoms with E-state index in [1.54, 1.807) is 12.1 Å². The Hall–Kier alpha value is -2.43. The number of hydrogen-bond donors (Lipinski definition) is 3. The molecule has 1 aromatic carbocycles. The van der Waals surface area contributed by atoms with Crippen molar-refractivity contribution in [3.05, 3.63) is 29.8 Å². The molecule has 1 aromatic rings. The molecule has 4 N–H and O–H groups in total. The third-order valence-electron chi connectivity index (χ3n) is 2.88. The van der Waals surface area contributed by atoms with E-state index < -0.39 is 5.79 Å². The van der Waals surface area contributed by atoms with Gasteiger partial charge in [0.1, 0.15) is 6.07 Å². The zero-order chi connectivity index (χ0) is 14.6. The normalized spacial score (nSPS) is 17.5. The van der Waals surface area contributed by atoms with Crippen LogP contribution in [0.1, 0.15) is 12.5 Å². The Balaban J connectivity index is 2.19. The van der Waals surface area contributed by atoms with E-state index in [0.717, 1.165) is 5.56 Å². The van der Waals surface area contributed by atoms with E-state index in [-0.39, 0.29) is 11.5 Å². The number of benzene rings is 1. The van der Waals surface area contributed by atoms with Crippen LogP contribution in [0.25, 0.3) is 0 Å². The fourth-order valence-corrected chi connectivity index (χ4v) is 1.82. The summed E-state index contributed by atoms with van der Waals surface area (Å²) in [5, 5.41) is 19.7. The largest absolute Gasteiger partial charge is 0.382 e. The highest BCUT2D eigenvalue weighted by Crippen LogP contribution is 2.31. The summed E-state index contributed by atoms with van der Waals surface area (Å²) in [6.07, 6.45) is 0. The average Bonchev–Trinajstić information content (AvgIpc) is 2.88. The molecule has 0 atom stereocenters. The van der Waals surface area contributed by atoms with Crippen molar-refractivity contribution in [3.8, 4) is 6.07 Å². The van der Waals surface area contributed by atoms with Crippen molar-refractivity contribution < 1.29 is 9.47 Å². The number of hydrazone groups is 1. The first-order chi connectivity index (χ1) is 9.55. The Morgan fingerprint density at radius 2 is 2.20 bits per heavy atom. The molecule has 0 radical (unpaired) electrons. The van der Waals surface area contributed by atoms with Crippen molar-refractivity contribution in [2.45, 2.75) is 12.7 Å². The van der Waals surface area contributed by atoms with Crippen LogP contribution in [0.15, 0.2) is 29.4 Å². The van der Waals surface area contributed by atoms with E-state index >= 15 is 0 Å². The smallest absolute Gasteiger partial charge is 0.201 e. The van der Waals surface area contributed by atoms with Gasteiger partial charge in [0.25, 0.3) is 0 Å². The molecule has 7 nitrogen and oxygen atoms in total. The Bertz CT molecular complexity index is 585. The maximum Gasteiger partial charge on any atom is 0.201 e. The van der Waals surface area contributed by atoms with Gasteiger partial charge >= 0.3 is 0 Å². The van der Waals surface area contributed by atoms with Crippen LogP contribution in [0.3, 0.4) is 0 Å². The van der Waals surface area contributed by atoms with Crippen molar-refractivity contribution in [1.82, 2.24) is 0 Å². The van der Waals surface area contributed by atoms with Gasteiger partial charge in [-0.3, -0.25) is 10.8 Å². The first-order valence-electron chi connectivity index (χ1n) is 6.02. The van der Waals surface area contributed by atoms with Crippen molar-refractivity contribution >= 4 is 17.2 Å².